The minimum Gasteiger partial charge on any atom is -0.361 e. The maximum atomic E-state index is 5.20. The fraction of sp³-hybridized carbons (Fsp3) is 0.909. The van der Waals surface area contributed by atoms with Crippen LogP contribution >= 0.6 is 12.2 Å². The van der Waals surface area contributed by atoms with Gasteiger partial charge in [0.25, 0.3) is 0 Å². The van der Waals surface area contributed by atoms with Crippen LogP contribution in [0.15, 0.2) is 0 Å². The molecule has 1 aliphatic rings. The molecule has 0 aromatic heterocycles. The van der Waals surface area contributed by atoms with Crippen LogP contribution in [-0.2, 0) is 0 Å². The molecule has 1 fully saturated rings. The highest BCUT2D eigenvalue weighted by Gasteiger charge is 2.22. The van der Waals surface area contributed by atoms with Crippen molar-refractivity contribution >= 4 is 17.3 Å². The van der Waals surface area contributed by atoms with Gasteiger partial charge in [-0.15, -0.1) is 0 Å². The van der Waals surface area contributed by atoms with E-state index in [4.69, 9.17) is 12.2 Å². The zero-order valence-corrected chi connectivity index (χ0v) is 10.9. The number of likely N-dealkylation sites (tertiary alicyclic amines) is 1. The van der Waals surface area contributed by atoms with E-state index < -0.39 is 0 Å². The summed E-state index contributed by atoms with van der Waals surface area (Å²) in [5.74, 6) is 0. The molecule has 0 aromatic carbocycles. The third-order valence-corrected chi connectivity index (χ3v) is 3.09. The maximum absolute atomic E-state index is 5.20. The average Bonchev–Trinajstić information content (AvgIpc) is 2.60. The third-order valence-electron chi connectivity index (χ3n) is 2.82. The van der Waals surface area contributed by atoms with Gasteiger partial charge in [-0.3, -0.25) is 4.90 Å². The number of nitrogens with one attached hydrogen (secondary N) is 2. The number of nitrogens with zero attached hydrogens (tertiary/aromatic N) is 1. The number of likely N-dealkylation sites (N-methyl/N-ethyl adjacent to an activating group) is 1. The summed E-state index contributed by atoms with van der Waals surface area (Å²) in [5, 5.41) is 7.29. The lowest BCUT2D eigenvalue weighted by molar-refractivity contribution is 0.267. The lowest BCUT2D eigenvalue weighted by Crippen LogP contribution is -2.45. The van der Waals surface area contributed by atoms with Gasteiger partial charge in [-0.1, -0.05) is 6.92 Å². The summed E-state index contributed by atoms with van der Waals surface area (Å²) in [5.41, 5.74) is 0. The molecule has 0 spiro atoms. The third kappa shape index (κ3) is 4.34. The molecule has 1 saturated heterocycles. The molecule has 1 aliphatic heterocycles. The SMILES string of the molecule is CCN1CCC[C@H]1CNC(=S)NC(C)C. The van der Waals surface area contributed by atoms with Crippen molar-refractivity contribution in [1.29, 1.82) is 0 Å². The van der Waals surface area contributed by atoms with Crippen molar-refractivity contribution in [3.05, 3.63) is 0 Å². The molecule has 0 radical (unpaired) electrons. The molecule has 4 heteroatoms. The Morgan fingerprint density at radius 3 is 2.87 bits per heavy atom. The molecule has 0 bridgehead atoms. The minimum atomic E-state index is 0.413. The molecule has 1 atom stereocenters. The Morgan fingerprint density at radius 2 is 2.27 bits per heavy atom. The summed E-state index contributed by atoms with van der Waals surface area (Å²) in [6, 6.07) is 1.08. The summed E-state index contributed by atoms with van der Waals surface area (Å²) in [6.07, 6.45) is 2.62. The van der Waals surface area contributed by atoms with Gasteiger partial charge >= 0.3 is 0 Å². The van der Waals surface area contributed by atoms with Crippen molar-refractivity contribution in [2.75, 3.05) is 19.6 Å². The molecule has 15 heavy (non-hydrogen) atoms. The quantitative estimate of drug-likeness (QED) is 0.712. The van der Waals surface area contributed by atoms with Crippen molar-refractivity contribution in [1.82, 2.24) is 15.5 Å². The van der Waals surface area contributed by atoms with Crippen LogP contribution in [0.4, 0.5) is 0 Å². The zero-order chi connectivity index (χ0) is 11.3. The van der Waals surface area contributed by atoms with E-state index in [1.165, 1.54) is 19.4 Å². The van der Waals surface area contributed by atoms with E-state index in [0.29, 0.717) is 12.1 Å². The van der Waals surface area contributed by atoms with E-state index in [2.05, 4.69) is 36.3 Å². The predicted octanol–water partition coefficient (Wildman–Crippen LogP) is 1.34. The van der Waals surface area contributed by atoms with Crippen molar-refractivity contribution in [2.45, 2.75) is 45.7 Å². The number of rotatable bonds is 4. The Kier molecular flexibility index (Phi) is 5.32. The Morgan fingerprint density at radius 1 is 1.53 bits per heavy atom. The standard InChI is InChI=1S/C11H23N3S/c1-4-14-7-5-6-10(14)8-12-11(15)13-9(2)3/h9-10H,4-8H2,1-3H3,(H2,12,13,15)/t10-/m0/s1. The van der Waals surface area contributed by atoms with Gasteiger partial charge in [0.2, 0.25) is 0 Å². The Bertz CT molecular complexity index is 206. The van der Waals surface area contributed by atoms with Crippen molar-refractivity contribution in [2.24, 2.45) is 0 Å². The lowest BCUT2D eigenvalue weighted by Gasteiger charge is -2.24. The average molecular weight is 229 g/mol. The van der Waals surface area contributed by atoms with Gasteiger partial charge in [0.15, 0.2) is 5.11 Å². The van der Waals surface area contributed by atoms with Gasteiger partial charge in [0.1, 0.15) is 0 Å². The normalized spacial score (nSPS) is 22.0. The van der Waals surface area contributed by atoms with Crippen LogP contribution in [0.2, 0.25) is 0 Å². The molecule has 0 saturated carbocycles. The van der Waals surface area contributed by atoms with Crippen LogP contribution in [0.1, 0.15) is 33.6 Å². The van der Waals surface area contributed by atoms with Gasteiger partial charge in [0, 0.05) is 18.6 Å². The summed E-state index contributed by atoms with van der Waals surface area (Å²) in [6.45, 7) is 9.79. The fourth-order valence-electron chi connectivity index (χ4n) is 2.07. The molecule has 2 N–H and O–H groups in total. The van der Waals surface area contributed by atoms with Crippen molar-refractivity contribution in [3.8, 4) is 0 Å². The topological polar surface area (TPSA) is 27.3 Å². The first-order valence-corrected chi connectivity index (χ1v) is 6.32. The van der Waals surface area contributed by atoms with E-state index in [-0.39, 0.29) is 0 Å². The first kappa shape index (κ1) is 12.7. The zero-order valence-electron chi connectivity index (χ0n) is 10.0. The second-order valence-corrected chi connectivity index (χ2v) is 4.84. The van der Waals surface area contributed by atoms with Gasteiger partial charge in [-0.25, -0.2) is 0 Å². The molecule has 0 unspecified atom stereocenters. The number of thiocarbonyl (C=S) groups is 1. The predicted molar refractivity (Wildman–Crippen MR) is 69.1 cm³/mol. The van der Waals surface area contributed by atoms with E-state index in [1.54, 1.807) is 0 Å². The van der Waals surface area contributed by atoms with Crippen molar-refractivity contribution < 1.29 is 0 Å². The van der Waals surface area contributed by atoms with Crippen LogP contribution in [0.5, 0.6) is 0 Å². The molecule has 3 nitrogen and oxygen atoms in total. The van der Waals surface area contributed by atoms with Crippen LogP contribution in [-0.4, -0.2) is 41.7 Å². The van der Waals surface area contributed by atoms with Gasteiger partial charge in [-0.2, -0.15) is 0 Å². The first-order chi connectivity index (χ1) is 7.13. The lowest BCUT2D eigenvalue weighted by atomic mass is 10.2. The van der Waals surface area contributed by atoms with Crippen molar-refractivity contribution in [3.63, 3.8) is 0 Å². The summed E-state index contributed by atoms with van der Waals surface area (Å²) >= 11 is 5.20. The minimum absolute atomic E-state index is 0.413. The smallest absolute Gasteiger partial charge is 0.166 e. The molecular weight excluding hydrogens is 206 g/mol. The van der Waals surface area contributed by atoms with E-state index >= 15 is 0 Å². The van der Waals surface area contributed by atoms with E-state index in [9.17, 15) is 0 Å². The van der Waals surface area contributed by atoms with E-state index in [1.807, 2.05) is 0 Å². The molecule has 0 aliphatic carbocycles. The Hall–Kier alpha value is -0.350. The summed E-state index contributed by atoms with van der Waals surface area (Å²) in [7, 11) is 0. The Labute approximate surface area is 98.6 Å². The second kappa shape index (κ2) is 6.28. The first-order valence-electron chi connectivity index (χ1n) is 5.92. The monoisotopic (exact) mass is 229 g/mol. The van der Waals surface area contributed by atoms with Crippen LogP contribution in [0.3, 0.4) is 0 Å². The Balaban J connectivity index is 2.21. The molecule has 1 heterocycles. The largest absolute Gasteiger partial charge is 0.361 e. The molecular formula is C11H23N3S. The van der Waals surface area contributed by atoms with E-state index in [0.717, 1.165) is 18.2 Å². The number of hydrogen-bond acceptors (Lipinski definition) is 2. The molecule has 0 amide bonds. The van der Waals surface area contributed by atoms with Crippen LogP contribution < -0.4 is 10.6 Å². The second-order valence-electron chi connectivity index (χ2n) is 4.43. The summed E-state index contributed by atoms with van der Waals surface area (Å²) in [4.78, 5) is 2.52. The summed E-state index contributed by atoms with van der Waals surface area (Å²) < 4.78 is 0. The maximum Gasteiger partial charge on any atom is 0.166 e. The van der Waals surface area contributed by atoms with Gasteiger partial charge in [0.05, 0.1) is 0 Å². The highest BCUT2D eigenvalue weighted by atomic mass is 32.1. The van der Waals surface area contributed by atoms with Crippen LogP contribution in [0.25, 0.3) is 0 Å². The highest BCUT2D eigenvalue weighted by Crippen LogP contribution is 2.15. The number of hydrogen-bond donors (Lipinski definition) is 2. The van der Waals surface area contributed by atoms with Gasteiger partial charge in [-0.05, 0) is 52.0 Å². The van der Waals surface area contributed by atoms with Gasteiger partial charge < -0.3 is 10.6 Å². The fourth-order valence-corrected chi connectivity index (χ4v) is 2.39. The molecule has 1 rings (SSSR count). The molecule has 0 aromatic rings. The highest BCUT2D eigenvalue weighted by molar-refractivity contribution is 7.80. The van der Waals surface area contributed by atoms with Crippen LogP contribution in [0, 0.1) is 0 Å². The molecule has 88 valence electrons.